The van der Waals surface area contributed by atoms with E-state index in [4.69, 9.17) is 4.74 Å². The Morgan fingerprint density at radius 3 is 2.26 bits per heavy atom. The lowest BCUT2D eigenvalue weighted by molar-refractivity contribution is 0.215. The molecule has 1 N–H and O–H groups in total. The fourth-order valence-corrected chi connectivity index (χ4v) is 2.31. The van der Waals surface area contributed by atoms with Crippen molar-refractivity contribution in [1.82, 2.24) is 0 Å². The summed E-state index contributed by atoms with van der Waals surface area (Å²) in [6.45, 7) is 2.07. The fourth-order valence-electron chi connectivity index (χ4n) is 2.31. The van der Waals surface area contributed by atoms with Crippen molar-refractivity contribution >= 4 is 11.8 Å². The van der Waals surface area contributed by atoms with E-state index in [9.17, 15) is 4.79 Å². The van der Waals surface area contributed by atoms with Crippen LogP contribution in [-0.2, 0) is 0 Å². The van der Waals surface area contributed by atoms with E-state index in [1.807, 2.05) is 48.5 Å². The van der Waals surface area contributed by atoms with Gasteiger partial charge < -0.3 is 4.74 Å². The number of carbonyl (C=O) groups excluding carboxylic acids is 1. The van der Waals surface area contributed by atoms with E-state index < -0.39 is 6.09 Å². The van der Waals surface area contributed by atoms with Gasteiger partial charge in [-0.2, -0.15) is 0 Å². The van der Waals surface area contributed by atoms with Crippen molar-refractivity contribution in [3.63, 3.8) is 0 Å². The molecule has 0 fully saturated rings. The number of ether oxygens (including phenoxy) is 1. The topological polar surface area (TPSA) is 38.3 Å². The van der Waals surface area contributed by atoms with Gasteiger partial charge >= 0.3 is 6.09 Å². The first-order valence-electron chi connectivity index (χ1n) is 7.42. The lowest BCUT2D eigenvalue weighted by Crippen LogP contribution is -2.16. The second kappa shape index (κ2) is 6.79. The Hall–Kier alpha value is -3.07. The first-order valence-corrected chi connectivity index (χ1v) is 7.42. The highest BCUT2D eigenvalue weighted by Gasteiger charge is 2.05. The van der Waals surface area contributed by atoms with Gasteiger partial charge in [-0.1, -0.05) is 60.2 Å². The molecule has 3 rings (SSSR count). The van der Waals surface area contributed by atoms with E-state index >= 15 is 0 Å². The zero-order chi connectivity index (χ0) is 16.1. The largest absolute Gasteiger partial charge is 0.417 e. The minimum atomic E-state index is -0.500. The Labute approximate surface area is 135 Å². The van der Waals surface area contributed by atoms with Crippen molar-refractivity contribution in [3.05, 3.63) is 84.4 Å². The van der Waals surface area contributed by atoms with Crippen molar-refractivity contribution in [2.75, 3.05) is 5.32 Å². The van der Waals surface area contributed by atoms with Gasteiger partial charge in [0.1, 0.15) is 5.75 Å². The third kappa shape index (κ3) is 3.98. The summed E-state index contributed by atoms with van der Waals surface area (Å²) in [4.78, 5) is 11.8. The molecule has 0 bridgehead atoms. The number of nitrogens with one attached hydrogen (secondary N) is 1. The molecule has 0 spiro atoms. The van der Waals surface area contributed by atoms with Crippen LogP contribution in [0.4, 0.5) is 10.5 Å². The van der Waals surface area contributed by atoms with Gasteiger partial charge in [-0.25, -0.2) is 4.79 Å². The van der Waals surface area contributed by atoms with Gasteiger partial charge in [-0.15, -0.1) is 0 Å². The monoisotopic (exact) mass is 303 g/mol. The highest BCUT2D eigenvalue weighted by molar-refractivity contribution is 5.86. The normalized spacial score (nSPS) is 10.1. The third-order valence-electron chi connectivity index (χ3n) is 3.44. The molecule has 3 aromatic rings. The predicted molar refractivity (Wildman–Crippen MR) is 92.7 cm³/mol. The van der Waals surface area contributed by atoms with Crippen LogP contribution in [0.1, 0.15) is 5.56 Å². The lowest BCUT2D eigenvalue weighted by atomic mass is 10.0. The van der Waals surface area contributed by atoms with Gasteiger partial charge in [0.2, 0.25) is 0 Å². The highest BCUT2D eigenvalue weighted by Crippen LogP contribution is 2.22. The number of amides is 1. The molecule has 0 aliphatic heterocycles. The van der Waals surface area contributed by atoms with E-state index in [1.54, 1.807) is 12.1 Å². The second-order valence-electron chi connectivity index (χ2n) is 5.27. The Kier molecular flexibility index (Phi) is 4.39. The molecule has 114 valence electrons. The first kappa shape index (κ1) is 14.9. The standard InChI is InChI=1S/C20H17NO2/c1-15-6-5-7-17(14-15)16-10-12-18(13-11-16)21-20(22)23-19-8-3-2-4-9-19/h2-14H,1H3,(H,21,22). The number of para-hydroxylation sites is 1. The molecule has 0 radical (unpaired) electrons. The van der Waals surface area contributed by atoms with Crippen LogP contribution < -0.4 is 10.1 Å². The molecule has 3 heteroatoms. The molecular weight excluding hydrogens is 286 g/mol. The summed E-state index contributed by atoms with van der Waals surface area (Å²) in [5, 5.41) is 2.72. The summed E-state index contributed by atoms with van der Waals surface area (Å²) >= 11 is 0. The molecule has 0 unspecified atom stereocenters. The average molecular weight is 303 g/mol. The summed E-state index contributed by atoms with van der Waals surface area (Å²) in [5.41, 5.74) is 4.18. The van der Waals surface area contributed by atoms with E-state index in [2.05, 4.69) is 30.4 Å². The minimum Gasteiger partial charge on any atom is -0.410 e. The van der Waals surface area contributed by atoms with Crippen LogP contribution in [0.5, 0.6) is 5.75 Å². The summed E-state index contributed by atoms with van der Waals surface area (Å²) in [5.74, 6) is 0.515. The number of rotatable bonds is 3. The van der Waals surface area contributed by atoms with Gasteiger partial charge in [0.05, 0.1) is 0 Å². The highest BCUT2D eigenvalue weighted by atomic mass is 16.6. The quantitative estimate of drug-likeness (QED) is 0.715. The van der Waals surface area contributed by atoms with Crippen molar-refractivity contribution in [3.8, 4) is 16.9 Å². The van der Waals surface area contributed by atoms with Crippen LogP contribution in [-0.4, -0.2) is 6.09 Å². The predicted octanol–water partition coefficient (Wildman–Crippen LogP) is 5.27. The third-order valence-corrected chi connectivity index (χ3v) is 3.44. The molecular formula is C20H17NO2. The first-order chi connectivity index (χ1) is 11.2. The van der Waals surface area contributed by atoms with E-state index in [0.717, 1.165) is 11.1 Å². The number of hydrogen-bond donors (Lipinski definition) is 1. The molecule has 3 nitrogen and oxygen atoms in total. The van der Waals surface area contributed by atoms with Crippen molar-refractivity contribution in [1.29, 1.82) is 0 Å². The molecule has 0 heterocycles. The van der Waals surface area contributed by atoms with Crippen molar-refractivity contribution in [2.24, 2.45) is 0 Å². The number of hydrogen-bond acceptors (Lipinski definition) is 2. The lowest BCUT2D eigenvalue weighted by Gasteiger charge is -2.08. The summed E-state index contributed by atoms with van der Waals surface area (Å²) < 4.78 is 5.20. The van der Waals surface area contributed by atoms with Gasteiger partial charge in [-0.05, 0) is 42.3 Å². The van der Waals surface area contributed by atoms with Crippen LogP contribution >= 0.6 is 0 Å². The molecule has 1 amide bonds. The molecule has 0 saturated carbocycles. The molecule has 0 aromatic heterocycles. The maximum Gasteiger partial charge on any atom is 0.417 e. The van der Waals surface area contributed by atoms with Crippen molar-refractivity contribution in [2.45, 2.75) is 6.92 Å². The molecule has 0 aliphatic carbocycles. The molecule has 0 atom stereocenters. The number of benzene rings is 3. The zero-order valence-corrected chi connectivity index (χ0v) is 12.8. The van der Waals surface area contributed by atoms with Crippen LogP contribution in [0.25, 0.3) is 11.1 Å². The summed E-state index contributed by atoms with van der Waals surface area (Å²) in [7, 11) is 0. The Balaban J connectivity index is 1.67. The second-order valence-corrected chi connectivity index (χ2v) is 5.27. The molecule has 0 saturated heterocycles. The van der Waals surface area contributed by atoms with Gasteiger partial charge in [0, 0.05) is 5.69 Å². The number of aryl methyl sites for hydroxylation is 1. The smallest absolute Gasteiger partial charge is 0.410 e. The van der Waals surface area contributed by atoms with Crippen LogP contribution in [0.2, 0.25) is 0 Å². The van der Waals surface area contributed by atoms with Gasteiger partial charge in [-0.3, -0.25) is 5.32 Å². The van der Waals surface area contributed by atoms with Gasteiger partial charge in [0.15, 0.2) is 0 Å². The van der Waals surface area contributed by atoms with Crippen LogP contribution in [0.3, 0.4) is 0 Å². The Bertz CT molecular complexity index is 795. The maximum absolute atomic E-state index is 11.8. The van der Waals surface area contributed by atoms with E-state index in [1.165, 1.54) is 5.56 Å². The Morgan fingerprint density at radius 1 is 0.826 bits per heavy atom. The van der Waals surface area contributed by atoms with Crippen LogP contribution in [0.15, 0.2) is 78.9 Å². The van der Waals surface area contributed by atoms with Crippen molar-refractivity contribution < 1.29 is 9.53 Å². The van der Waals surface area contributed by atoms with Crippen LogP contribution in [0, 0.1) is 6.92 Å². The summed E-state index contributed by atoms with van der Waals surface area (Å²) in [6.07, 6.45) is -0.500. The molecule has 0 aliphatic rings. The molecule has 23 heavy (non-hydrogen) atoms. The average Bonchev–Trinajstić information content (AvgIpc) is 2.56. The zero-order valence-electron chi connectivity index (χ0n) is 12.8. The fraction of sp³-hybridized carbons (Fsp3) is 0.0500. The number of anilines is 1. The summed E-state index contributed by atoms with van der Waals surface area (Å²) in [6, 6.07) is 25.0. The van der Waals surface area contributed by atoms with Gasteiger partial charge in [0.25, 0.3) is 0 Å². The Morgan fingerprint density at radius 2 is 1.57 bits per heavy atom. The number of carbonyl (C=O) groups is 1. The minimum absolute atomic E-state index is 0.500. The van der Waals surface area contributed by atoms with E-state index in [-0.39, 0.29) is 0 Å². The maximum atomic E-state index is 11.8. The molecule has 3 aromatic carbocycles. The SMILES string of the molecule is Cc1cccc(-c2ccc(NC(=O)Oc3ccccc3)cc2)c1. The van der Waals surface area contributed by atoms with E-state index in [0.29, 0.717) is 11.4 Å².